The number of amides is 2. The Hall–Kier alpha value is -1.28. The van der Waals surface area contributed by atoms with Crippen LogP contribution >= 0.6 is 24.2 Å². The van der Waals surface area contributed by atoms with E-state index in [9.17, 15) is 9.59 Å². The summed E-state index contributed by atoms with van der Waals surface area (Å²) in [5.74, 6) is 1.74. The fraction of sp³-hybridized carbons (Fsp3) is 0.500. The molecule has 0 aromatic heterocycles. The van der Waals surface area contributed by atoms with Crippen LogP contribution in [0.3, 0.4) is 0 Å². The first-order valence-corrected chi connectivity index (χ1v) is 8.94. The molecule has 0 bridgehead atoms. The van der Waals surface area contributed by atoms with Gasteiger partial charge in [0.05, 0.1) is 25.7 Å². The average Bonchev–Trinajstić information content (AvgIpc) is 3.12. The highest BCUT2D eigenvalue weighted by atomic mass is 35.5. The summed E-state index contributed by atoms with van der Waals surface area (Å²) in [7, 11) is 0. The van der Waals surface area contributed by atoms with Gasteiger partial charge in [0.2, 0.25) is 11.8 Å². The van der Waals surface area contributed by atoms with Gasteiger partial charge in [-0.15, -0.1) is 24.2 Å². The van der Waals surface area contributed by atoms with Crippen LogP contribution in [0, 0.1) is 0 Å². The molecular formula is C16H22ClN3O3S. The molecule has 2 N–H and O–H groups in total. The number of anilines is 1. The predicted octanol–water partition coefficient (Wildman–Crippen LogP) is 1.11. The maximum Gasteiger partial charge on any atom is 0.242 e. The van der Waals surface area contributed by atoms with Crippen molar-refractivity contribution in [3.05, 3.63) is 29.8 Å². The number of carbonyl (C=O) groups is 2. The lowest BCUT2D eigenvalue weighted by atomic mass is 10.1. The van der Waals surface area contributed by atoms with Crippen molar-refractivity contribution in [3.8, 4) is 0 Å². The molecule has 2 heterocycles. The third kappa shape index (κ3) is 5.11. The zero-order valence-electron chi connectivity index (χ0n) is 13.3. The van der Waals surface area contributed by atoms with Crippen molar-refractivity contribution < 1.29 is 14.3 Å². The van der Waals surface area contributed by atoms with Crippen molar-refractivity contribution in [3.63, 3.8) is 0 Å². The van der Waals surface area contributed by atoms with Gasteiger partial charge in [0.25, 0.3) is 0 Å². The van der Waals surface area contributed by atoms with Crippen LogP contribution in [0.2, 0.25) is 0 Å². The van der Waals surface area contributed by atoms with E-state index in [1.165, 1.54) is 0 Å². The van der Waals surface area contributed by atoms with E-state index in [1.807, 2.05) is 29.2 Å². The van der Waals surface area contributed by atoms with E-state index in [-0.39, 0.29) is 30.3 Å². The van der Waals surface area contributed by atoms with E-state index in [0.717, 1.165) is 22.9 Å². The summed E-state index contributed by atoms with van der Waals surface area (Å²) in [6, 6.07) is 7.36. The van der Waals surface area contributed by atoms with Crippen molar-refractivity contribution >= 4 is 41.7 Å². The van der Waals surface area contributed by atoms with Gasteiger partial charge in [0, 0.05) is 30.4 Å². The summed E-state index contributed by atoms with van der Waals surface area (Å²) >= 11 is 1.72. The molecule has 0 aliphatic carbocycles. The highest BCUT2D eigenvalue weighted by Gasteiger charge is 2.22. The monoisotopic (exact) mass is 371 g/mol. The molecule has 0 radical (unpaired) electrons. The van der Waals surface area contributed by atoms with E-state index < -0.39 is 0 Å². The first kappa shape index (κ1) is 19.1. The minimum absolute atomic E-state index is 0. The van der Waals surface area contributed by atoms with Gasteiger partial charge in [-0.2, -0.15) is 0 Å². The number of halogens is 1. The number of rotatable bonds is 4. The van der Waals surface area contributed by atoms with Crippen molar-refractivity contribution in [2.24, 2.45) is 0 Å². The molecular weight excluding hydrogens is 350 g/mol. The molecule has 3 rings (SSSR count). The van der Waals surface area contributed by atoms with Crippen LogP contribution in [-0.4, -0.2) is 60.7 Å². The number of morpholine rings is 1. The van der Waals surface area contributed by atoms with Gasteiger partial charge in [-0.05, 0) is 17.7 Å². The van der Waals surface area contributed by atoms with Gasteiger partial charge in [-0.25, -0.2) is 0 Å². The Bertz CT molecular complexity index is 558. The number of nitrogens with zero attached hydrogens (tertiary/aromatic N) is 1. The number of thioether (sulfide) groups is 1. The summed E-state index contributed by atoms with van der Waals surface area (Å²) < 4.78 is 5.25. The number of carbonyl (C=O) groups excluding carboxylic acids is 2. The predicted molar refractivity (Wildman–Crippen MR) is 97.7 cm³/mol. The van der Waals surface area contributed by atoms with Crippen molar-refractivity contribution in [1.82, 2.24) is 10.2 Å². The number of benzene rings is 1. The fourth-order valence-corrected chi connectivity index (χ4v) is 3.54. The molecule has 1 aromatic carbocycles. The topological polar surface area (TPSA) is 70.7 Å². The second-order valence-electron chi connectivity index (χ2n) is 5.63. The number of hydrogen-bond acceptors (Lipinski definition) is 5. The molecule has 1 unspecified atom stereocenters. The molecule has 8 heteroatoms. The van der Waals surface area contributed by atoms with Gasteiger partial charge >= 0.3 is 0 Å². The van der Waals surface area contributed by atoms with Crippen LogP contribution in [-0.2, 0) is 20.7 Å². The fourth-order valence-electron chi connectivity index (χ4n) is 2.60. The summed E-state index contributed by atoms with van der Waals surface area (Å²) in [6.07, 6.45) is 0.384. The number of ether oxygens (including phenoxy) is 1. The molecule has 1 atom stereocenters. The van der Waals surface area contributed by atoms with Crippen molar-refractivity contribution in [1.29, 1.82) is 0 Å². The third-order valence-corrected chi connectivity index (χ3v) is 4.91. The van der Waals surface area contributed by atoms with E-state index in [0.29, 0.717) is 32.7 Å². The third-order valence-electron chi connectivity index (χ3n) is 3.97. The van der Waals surface area contributed by atoms with Gasteiger partial charge in [0.1, 0.15) is 0 Å². The first-order chi connectivity index (χ1) is 11.2. The molecule has 132 valence electrons. The zero-order valence-corrected chi connectivity index (χ0v) is 15.0. The first-order valence-electron chi connectivity index (χ1n) is 7.79. The summed E-state index contributed by atoms with van der Waals surface area (Å²) in [4.78, 5) is 26.1. The molecule has 6 nitrogen and oxygen atoms in total. The molecule has 24 heavy (non-hydrogen) atoms. The molecule has 2 aliphatic rings. The molecule has 0 spiro atoms. The van der Waals surface area contributed by atoms with Crippen molar-refractivity contribution in [2.75, 3.05) is 43.2 Å². The van der Waals surface area contributed by atoms with Crippen LogP contribution in [0.1, 0.15) is 5.56 Å². The van der Waals surface area contributed by atoms with E-state index in [2.05, 4.69) is 10.6 Å². The van der Waals surface area contributed by atoms with Crippen LogP contribution in [0.5, 0.6) is 0 Å². The number of nitrogens with one attached hydrogen (secondary N) is 2. The largest absolute Gasteiger partial charge is 0.378 e. The van der Waals surface area contributed by atoms with Gasteiger partial charge < -0.3 is 15.0 Å². The minimum Gasteiger partial charge on any atom is -0.378 e. The lowest BCUT2D eigenvalue weighted by Crippen LogP contribution is -2.41. The second kappa shape index (κ2) is 9.27. The summed E-state index contributed by atoms with van der Waals surface area (Å²) in [6.45, 7) is 2.56. The maximum atomic E-state index is 12.2. The SMILES string of the molecule is Cl.O=C(Nc1ccc(CC(=O)N2CCOCC2)cc1)C1CSCN1. The Morgan fingerprint density at radius 3 is 2.58 bits per heavy atom. The molecule has 2 amide bonds. The Labute approximate surface area is 152 Å². The van der Waals surface area contributed by atoms with Gasteiger partial charge in [-0.3, -0.25) is 14.9 Å². The van der Waals surface area contributed by atoms with Gasteiger partial charge in [0.15, 0.2) is 0 Å². The normalized spacial score (nSPS) is 20.3. The molecule has 2 aliphatic heterocycles. The summed E-state index contributed by atoms with van der Waals surface area (Å²) in [5.41, 5.74) is 1.71. The quantitative estimate of drug-likeness (QED) is 0.829. The lowest BCUT2D eigenvalue weighted by Gasteiger charge is -2.26. The maximum absolute atomic E-state index is 12.2. The Balaban J connectivity index is 0.00000208. The zero-order chi connectivity index (χ0) is 16.1. The van der Waals surface area contributed by atoms with E-state index >= 15 is 0 Å². The Morgan fingerprint density at radius 1 is 1.25 bits per heavy atom. The molecule has 0 saturated carbocycles. The van der Waals surface area contributed by atoms with Crippen LogP contribution in [0.15, 0.2) is 24.3 Å². The Kier molecular flexibility index (Phi) is 7.36. The van der Waals surface area contributed by atoms with Crippen LogP contribution in [0.4, 0.5) is 5.69 Å². The number of hydrogen-bond donors (Lipinski definition) is 2. The second-order valence-corrected chi connectivity index (χ2v) is 6.66. The van der Waals surface area contributed by atoms with Crippen molar-refractivity contribution in [2.45, 2.75) is 12.5 Å². The highest BCUT2D eigenvalue weighted by Crippen LogP contribution is 2.14. The molecule has 1 aromatic rings. The summed E-state index contributed by atoms with van der Waals surface area (Å²) in [5, 5.41) is 6.04. The lowest BCUT2D eigenvalue weighted by molar-refractivity contribution is -0.134. The standard InChI is InChI=1S/C16H21N3O3S.ClH/c20-15(19-5-7-22-8-6-19)9-12-1-3-13(4-2-12)18-16(21)14-10-23-11-17-14;/h1-4,14,17H,5-11H2,(H,18,21);1H. The molecule has 2 saturated heterocycles. The average molecular weight is 372 g/mol. The van der Waals surface area contributed by atoms with Crippen LogP contribution < -0.4 is 10.6 Å². The smallest absolute Gasteiger partial charge is 0.242 e. The van der Waals surface area contributed by atoms with Crippen LogP contribution in [0.25, 0.3) is 0 Å². The minimum atomic E-state index is -0.123. The van der Waals surface area contributed by atoms with Gasteiger partial charge in [-0.1, -0.05) is 12.1 Å². The molecule has 2 fully saturated rings. The Morgan fingerprint density at radius 2 is 1.96 bits per heavy atom. The highest BCUT2D eigenvalue weighted by molar-refractivity contribution is 7.99. The van der Waals surface area contributed by atoms with E-state index in [4.69, 9.17) is 4.74 Å². The van der Waals surface area contributed by atoms with E-state index in [1.54, 1.807) is 11.8 Å².